The zero-order valence-electron chi connectivity index (χ0n) is 10.3. The van der Waals surface area contributed by atoms with Crippen LogP contribution in [0.2, 0.25) is 0 Å². The van der Waals surface area contributed by atoms with Crippen molar-refractivity contribution >= 4 is 27.4 Å². The molecule has 3 aromatic rings. The number of thiophene rings is 1. The number of nitrogens with one attached hydrogen (secondary N) is 1. The van der Waals surface area contributed by atoms with Crippen molar-refractivity contribution in [2.45, 2.75) is 6.92 Å². The van der Waals surface area contributed by atoms with Gasteiger partial charge in [0.05, 0.1) is 10.2 Å². The van der Waals surface area contributed by atoms with E-state index in [1.54, 1.807) is 17.7 Å². The number of aryl methyl sites for hydroxylation is 1. The summed E-state index contributed by atoms with van der Waals surface area (Å²) in [4.78, 5) is 9.52. The zero-order valence-corrected chi connectivity index (χ0v) is 11.2. The average molecular weight is 268 g/mol. The van der Waals surface area contributed by atoms with Crippen LogP contribution in [0, 0.1) is 12.3 Å². The van der Waals surface area contributed by atoms with Crippen LogP contribution in [-0.2, 0) is 0 Å². The number of hydrogen-bond donors (Lipinski definition) is 2. The number of aromatic nitrogens is 2. The maximum absolute atomic E-state index is 7.51. The molecule has 0 aliphatic rings. The van der Waals surface area contributed by atoms with E-state index >= 15 is 0 Å². The number of nitrogens with two attached hydrogens (primary N) is 1. The monoisotopic (exact) mass is 268 g/mol. The highest BCUT2D eigenvalue weighted by atomic mass is 32.1. The van der Waals surface area contributed by atoms with Gasteiger partial charge >= 0.3 is 0 Å². The first-order valence-corrected chi connectivity index (χ1v) is 6.62. The lowest BCUT2D eigenvalue weighted by Gasteiger charge is -2.03. The van der Waals surface area contributed by atoms with Crippen LogP contribution in [0.25, 0.3) is 20.7 Å². The fourth-order valence-corrected chi connectivity index (χ4v) is 3.20. The van der Waals surface area contributed by atoms with E-state index in [1.807, 2.05) is 30.5 Å². The van der Waals surface area contributed by atoms with Gasteiger partial charge in [0.2, 0.25) is 0 Å². The van der Waals surface area contributed by atoms with Crippen molar-refractivity contribution in [1.29, 1.82) is 5.41 Å². The number of hydrogen-bond acceptors (Lipinski definition) is 4. The Hall–Kier alpha value is -2.27. The topological polar surface area (TPSA) is 75.7 Å². The predicted octanol–water partition coefficient (Wildman–Crippen LogP) is 2.95. The minimum atomic E-state index is 0.0837. The molecular weight excluding hydrogens is 256 g/mol. The lowest BCUT2D eigenvalue weighted by molar-refractivity contribution is 1.22. The Bertz CT molecular complexity index is 776. The van der Waals surface area contributed by atoms with E-state index in [0.29, 0.717) is 0 Å². The zero-order chi connectivity index (χ0) is 13.4. The van der Waals surface area contributed by atoms with Crippen LogP contribution < -0.4 is 5.73 Å². The van der Waals surface area contributed by atoms with Gasteiger partial charge in [0, 0.05) is 16.6 Å². The van der Waals surface area contributed by atoms with Gasteiger partial charge in [-0.25, -0.2) is 9.97 Å². The second-order valence-electron chi connectivity index (χ2n) is 4.29. The van der Waals surface area contributed by atoms with Crippen molar-refractivity contribution in [1.82, 2.24) is 9.97 Å². The summed E-state index contributed by atoms with van der Waals surface area (Å²) in [5, 5.41) is 7.51. The normalized spacial score (nSPS) is 10.8. The van der Waals surface area contributed by atoms with Crippen LogP contribution >= 0.6 is 11.3 Å². The van der Waals surface area contributed by atoms with Gasteiger partial charge in [0.25, 0.3) is 0 Å². The summed E-state index contributed by atoms with van der Waals surface area (Å²) in [6, 6.07) is 7.72. The quantitative estimate of drug-likeness (QED) is 0.554. The van der Waals surface area contributed by atoms with E-state index in [-0.39, 0.29) is 5.84 Å². The van der Waals surface area contributed by atoms with E-state index < -0.39 is 0 Å². The second kappa shape index (κ2) is 4.44. The number of fused-ring (bicyclic) bond motifs is 1. The molecule has 0 aliphatic heterocycles. The fourth-order valence-electron chi connectivity index (χ4n) is 2.07. The summed E-state index contributed by atoms with van der Waals surface area (Å²) in [5.74, 6) is 0.0837. The van der Waals surface area contributed by atoms with Crippen LogP contribution in [0.1, 0.15) is 11.1 Å². The molecule has 0 radical (unpaired) electrons. The average Bonchev–Trinajstić information content (AvgIpc) is 2.77. The van der Waals surface area contributed by atoms with Crippen molar-refractivity contribution in [2.24, 2.45) is 5.73 Å². The first-order valence-electron chi connectivity index (χ1n) is 5.81. The van der Waals surface area contributed by atoms with Crippen molar-refractivity contribution in [3.8, 4) is 10.4 Å². The van der Waals surface area contributed by atoms with Gasteiger partial charge in [-0.05, 0) is 24.1 Å². The molecule has 0 unspecified atom stereocenters. The van der Waals surface area contributed by atoms with Crippen molar-refractivity contribution < 1.29 is 0 Å². The van der Waals surface area contributed by atoms with Gasteiger partial charge in [-0.3, -0.25) is 5.41 Å². The Kier molecular flexibility index (Phi) is 2.76. The minimum Gasteiger partial charge on any atom is -0.384 e. The molecule has 0 amide bonds. The van der Waals surface area contributed by atoms with E-state index in [4.69, 9.17) is 11.1 Å². The molecule has 0 saturated carbocycles. The standard InChI is InChI=1S/C14H12N4S/c1-8-12-11(6-17-7-18-12)19-13(8)9-3-2-4-10(5-9)14(15)16/h2-7H,1H3,(H3,15,16). The third-order valence-corrected chi connectivity index (χ3v) is 4.29. The van der Waals surface area contributed by atoms with E-state index in [2.05, 4.69) is 16.9 Å². The lowest BCUT2D eigenvalue weighted by atomic mass is 10.1. The van der Waals surface area contributed by atoms with Gasteiger partial charge in [-0.15, -0.1) is 11.3 Å². The molecule has 2 heterocycles. The molecule has 0 atom stereocenters. The van der Waals surface area contributed by atoms with Gasteiger partial charge in [0.15, 0.2) is 0 Å². The Morgan fingerprint density at radius 1 is 1.37 bits per heavy atom. The fraction of sp³-hybridized carbons (Fsp3) is 0.0714. The molecule has 1 aromatic carbocycles. The molecular formula is C14H12N4S. The first kappa shape index (κ1) is 11.8. The summed E-state index contributed by atoms with van der Waals surface area (Å²) in [5.41, 5.74) is 9.47. The number of rotatable bonds is 2. The molecule has 94 valence electrons. The summed E-state index contributed by atoms with van der Waals surface area (Å²) in [7, 11) is 0. The molecule has 0 fully saturated rings. The van der Waals surface area contributed by atoms with Crippen LogP contribution in [0.3, 0.4) is 0 Å². The number of nitrogens with zero attached hydrogens (tertiary/aromatic N) is 2. The maximum Gasteiger partial charge on any atom is 0.122 e. The predicted molar refractivity (Wildman–Crippen MR) is 78.6 cm³/mol. The molecule has 19 heavy (non-hydrogen) atoms. The van der Waals surface area contributed by atoms with E-state index in [9.17, 15) is 0 Å². The number of amidine groups is 1. The SMILES string of the molecule is Cc1c(-c2cccc(C(=N)N)c2)sc2cncnc12. The summed E-state index contributed by atoms with van der Waals surface area (Å²) >= 11 is 1.66. The van der Waals surface area contributed by atoms with Gasteiger partial charge in [-0.2, -0.15) is 0 Å². The maximum atomic E-state index is 7.51. The van der Waals surface area contributed by atoms with E-state index in [0.717, 1.165) is 31.8 Å². The molecule has 2 aromatic heterocycles. The van der Waals surface area contributed by atoms with E-state index in [1.165, 1.54) is 0 Å². The molecule has 0 saturated heterocycles. The highest BCUT2D eigenvalue weighted by molar-refractivity contribution is 7.22. The van der Waals surface area contributed by atoms with Gasteiger partial charge < -0.3 is 5.73 Å². The van der Waals surface area contributed by atoms with Crippen molar-refractivity contribution in [3.05, 3.63) is 47.9 Å². The largest absolute Gasteiger partial charge is 0.384 e. The highest BCUT2D eigenvalue weighted by Gasteiger charge is 2.12. The summed E-state index contributed by atoms with van der Waals surface area (Å²) in [6.45, 7) is 2.06. The molecule has 5 heteroatoms. The van der Waals surface area contributed by atoms with Crippen LogP contribution in [-0.4, -0.2) is 15.8 Å². The molecule has 4 nitrogen and oxygen atoms in total. The second-order valence-corrected chi connectivity index (χ2v) is 5.34. The molecule has 0 spiro atoms. The summed E-state index contributed by atoms with van der Waals surface area (Å²) < 4.78 is 1.07. The minimum absolute atomic E-state index is 0.0837. The van der Waals surface area contributed by atoms with Crippen LogP contribution in [0.15, 0.2) is 36.8 Å². The van der Waals surface area contributed by atoms with Crippen LogP contribution in [0.5, 0.6) is 0 Å². The smallest absolute Gasteiger partial charge is 0.122 e. The molecule has 0 aliphatic carbocycles. The molecule has 0 bridgehead atoms. The van der Waals surface area contributed by atoms with Crippen molar-refractivity contribution in [2.75, 3.05) is 0 Å². The van der Waals surface area contributed by atoms with Crippen LogP contribution in [0.4, 0.5) is 0 Å². The third-order valence-electron chi connectivity index (χ3n) is 3.02. The Balaban J connectivity index is 2.21. The number of nitrogen functional groups attached to an aromatic ring is 1. The molecule has 3 N–H and O–H groups in total. The Morgan fingerprint density at radius 3 is 2.95 bits per heavy atom. The Labute approximate surface area is 114 Å². The van der Waals surface area contributed by atoms with Gasteiger partial charge in [-0.1, -0.05) is 18.2 Å². The Morgan fingerprint density at radius 2 is 2.21 bits per heavy atom. The first-order chi connectivity index (χ1) is 9.16. The highest BCUT2D eigenvalue weighted by Crippen LogP contribution is 2.36. The number of benzene rings is 1. The third kappa shape index (κ3) is 1.98. The van der Waals surface area contributed by atoms with Crippen molar-refractivity contribution in [3.63, 3.8) is 0 Å². The summed E-state index contributed by atoms with van der Waals surface area (Å²) in [6.07, 6.45) is 3.40. The lowest BCUT2D eigenvalue weighted by Crippen LogP contribution is -2.10. The van der Waals surface area contributed by atoms with Gasteiger partial charge in [0.1, 0.15) is 12.2 Å². The molecule has 3 rings (SSSR count).